The van der Waals surface area contributed by atoms with Gasteiger partial charge in [-0.1, -0.05) is 6.92 Å². The number of carbonyl (C=O) groups excluding carboxylic acids is 2. The van der Waals surface area contributed by atoms with Gasteiger partial charge in [-0.15, -0.1) is 0 Å². The minimum atomic E-state index is -0.334. The number of hydrogen-bond acceptors (Lipinski definition) is 5. The van der Waals surface area contributed by atoms with Crippen LogP contribution >= 0.6 is 0 Å². The number of carbonyl (C=O) groups is 2. The van der Waals surface area contributed by atoms with Gasteiger partial charge in [-0.2, -0.15) is 0 Å². The standard InChI is InChI=1S/C20H30N2O5/c1-5-13-12-27-18-15(13)10-14(11-16(18)20(24)21-4)19(23)22-9-8-17(25-6-2)26-7-3/h10-11,13,17H,5-9,12H2,1-4H3,(H,21,24)(H,22,23). The molecule has 2 amide bonds. The Morgan fingerprint density at radius 1 is 1.19 bits per heavy atom. The van der Waals surface area contributed by atoms with Crippen molar-refractivity contribution in [1.82, 2.24) is 10.6 Å². The molecule has 7 heteroatoms. The second-order valence-electron chi connectivity index (χ2n) is 6.32. The normalized spacial score (nSPS) is 15.4. The van der Waals surface area contributed by atoms with Gasteiger partial charge in [0.1, 0.15) is 5.75 Å². The first-order valence-corrected chi connectivity index (χ1v) is 9.59. The van der Waals surface area contributed by atoms with Crippen molar-refractivity contribution in [3.05, 3.63) is 28.8 Å². The average molecular weight is 378 g/mol. The van der Waals surface area contributed by atoms with E-state index in [1.807, 2.05) is 19.9 Å². The van der Waals surface area contributed by atoms with Crippen LogP contribution in [0.3, 0.4) is 0 Å². The van der Waals surface area contributed by atoms with E-state index in [2.05, 4.69) is 17.6 Å². The van der Waals surface area contributed by atoms with E-state index in [0.29, 0.717) is 49.7 Å². The van der Waals surface area contributed by atoms with Crippen molar-refractivity contribution in [3.8, 4) is 5.75 Å². The lowest BCUT2D eigenvalue weighted by Gasteiger charge is -2.17. The fraction of sp³-hybridized carbons (Fsp3) is 0.600. The lowest BCUT2D eigenvalue weighted by atomic mass is 9.94. The molecule has 0 saturated heterocycles. The van der Waals surface area contributed by atoms with Crippen LogP contribution in [0.25, 0.3) is 0 Å². The molecular formula is C20H30N2O5. The first-order chi connectivity index (χ1) is 13.0. The third kappa shape index (κ3) is 5.20. The number of benzene rings is 1. The summed E-state index contributed by atoms with van der Waals surface area (Å²) in [6, 6.07) is 3.43. The van der Waals surface area contributed by atoms with E-state index < -0.39 is 0 Å². The predicted molar refractivity (Wildman–Crippen MR) is 102 cm³/mol. The lowest BCUT2D eigenvalue weighted by molar-refractivity contribution is -0.138. The highest BCUT2D eigenvalue weighted by molar-refractivity contribution is 6.02. The second-order valence-corrected chi connectivity index (χ2v) is 6.32. The highest BCUT2D eigenvalue weighted by Crippen LogP contribution is 2.39. The van der Waals surface area contributed by atoms with Crippen LogP contribution in [-0.2, 0) is 9.47 Å². The molecule has 150 valence electrons. The van der Waals surface area contributed by atoms with E-state index in [9.17, 15) is 9.59 Å². The molecule has 0 aromatic heterocycles. The maximum atomic E-state index is 12.6. The zero-order valence-corrected chi connectivity index (χ0v) is 16.6. The Bertz CT molecular complexity index is 656. The predicted octanol–water partition coefficient (Wildman–Crippen LogP) is 2.45. The van der Waals surface area contributed by atoms with Crippen LogP contribution in [-0.4, -0.2) is 51.5 Å². The van der Waals surface area contributed by atoms with Crippen molar-refractivity contribution in [2.75, 3.05) is 33.4 Å². The van der Waals surface area contributed by atoms with Gasteiger partial charge in [0.25, 0.3) is 11.8 Å². The van der Waals surface area contributed by atoms with Gasteiger partial charge in [-0.05, 0) is 32.4 Å². The first kappa shape index (κ1) is 21.2. The summed E-state index contributed by atoms with van der Waals surface area (Å²) < 4.78 is 16.7. The van der Waals surface area contributed by atoms with Gasteiger partial charge in [0.05, 0.1) is 12.2 Å². The summed E-state index contributed by atoms with van der Waals surface area (Å²) in [4.78, 5) is 24.9. The molecule has 1 aromatic carbocycles. The second kappa shape index (κ2) is 10.3. The molecule has 2 N–H and O–H groups in total. The van der Waals surface area contributed by atoms with Crippen LogP contribution in [0.2, 0.25) is 0 Å². The van der Waals surface area contributed by atoms with Crippen LogP contribution in [0.1, 0.15) is 65.8 Å². The van der Waals surface area contributed by atoms with Gasteiger partial charge in [-0.25, -0.2) is 0 Å². The van der Waals surface area contributed by atoms with Crippen LogP contribution in [0.15, 0.2) is 12.1 Å². The van der Waals surface area contributed by atoms with E-state index in [4.69, 9.17) is 14.2 Å². The molecule has 1 atom stereocenters. The highest BCUT2D eigenvalue weighted by atomic mass is 16.7. The molecule has 1 unspecified atom stereocenters. The fourth-order valence-electron chi connectivity index (χ4n) is 3.15. The molecule has 7 nitrogen and oxygen atoms in total. The van der Waals surface area contributed by atoms with Crippen LogP contribution in [0.4, 0.5) is 0 Å². The summed E-state index contributed by atoms with van der Waals surface area (Å²) in [5.74, 6) is 0.295. The quantitative estimate of drug-likeness (QED) is 0.611. The zero-order valence-electron chi connectivity index (χ0n) is 16.6. The third-order valence-electron chi connectivity index (χ3n) is 4.58. The average Bonchev–Trinajstić information content (AvgIpc) is 3.09. The third-order valence-corrected chi connectivity index (χ3v) is 4.58. The first-order valence-electron chi connectivity index (χ1n) is 9.59. The van der Waals surface area contributed by atoms with Crippen LogP contribution < -0.4 is 15.4 Å². The van der Waals surface area contributed by atoms with Crippen molar-refractivity contribution < 1.29 is 23.8 Å². The molecule has 1 aliphatic heterocycles. The smallest absolute Gasteiger partial charge is 0.254 e. The Kier molecular flexibility index (Phi) is 8.06. The molecule has 0 saturated carbocycles. The molecule has 1 aliphatic rings. The lowest BCUT2D eigenvalue weighted by Crippen LogP contribution is -2.29. The number of nitrogens with one attached hydrogen (secondary N) is 2. The van der Waals surface area contributed by atoms with Crippen LogP contribution in [0, 0.1) is 0 Å². The molecule has 0 bridgehead atoms. The summed E-state index contributed by atoms with van der Waals surface area (Å²) in [6.45, 7) is 7.93. The maximum Gasteiger partial charge on any atom is 0.254 e. The van der Waals surface area contributed by atoms with Crippen molar-refractivity contribution in [3.63, 3.8) is 0 Å². The highest BCUT2D eigenvalue weighted by Gasteiger charge is 2.29. The Hall–Kier alpha value is -2.12. The van der Waals surface area contributed by atoms with Gasteiger partial charge in [0, 0.05) is 50.3 Å². The zero-order chi connectivity index (χ0) is 19.8. The van der Waals surface area contributed by atoms with E-state index in [1.54, 1.807) is 13.1 Å². The van der Waals surface area contributed by atoms with Gasteiger partial charge >= 0.3 is 0 Å². The molecule has 0 fully saturated rings. The van der Waals surface area contributed by atoms with E-state index in [0.717, 1.165) is 12.0 Å². The number of fused-ring (bicyclic) bond motifs is 1. The number of rotatable bonds is 10. The summed E-state index contributed by atoms with van der Waals surface area (Å²) in [5, 5.41) is 5.50. The Balaban J connectivity index is 2.13. The van der Waals surface area contributed by atoms with Gasteiger partial charge < -0.3 is 24.8 Å². The largest absolute Gasteiger partial charge is 0.492 e. The maximum absolute atomic E-state index is 12.6. The van der Waals surface area contributed by atoms with E-state index >= 15 is 0 Å². The summed E-state index contributed by atoms with van der Waals surface area (Å²) in [6.07, 6.45) is 1.11. The van der Waals surface area contributed by atoms with Gasteiger partial charge in [-0.3, -0.25) is 9.59 Å². The van der Waals surface area contributed by atoms with Crippen molar-refractivity contribution in [1.29, 1.82) is 0 Å². The summed E-state index contributed by atoms with van der Waals surface area (Å²) >= 11 is 0. The molecular weight excluding hydrogens is 348 g/mol. The number of hydrogen-bond donors (Lipinski definition) is 2. The molecule has 1 heterocycles. The molecule has 0 radical (unpaired) electrons. The van der Waals surface area contributed by atoms with Crippen molar-refractivity contribution >= 4 is 11.8 Å². The molecule has 0 aliphatic carbocycles. The summed E-state index contributed by atoms with van der Waals surface area (Å²) in [7, 11) is 1.56. The molecule has 2 rings (SSSR count). The minimum absolute atomic E-state index is 0.191. The van der Waals surface area contributed by atoms with E-state index in [1.165, 1.54) is 0 Å². The number of amides is 2. The minimum Gasteiger partial charge on any atom is -0.492 e. The monoisotopic (exact) mass is 378 g/mol. The van der Waals surface area contributed by atoms with E-state index in [-0.39, 0.29) is 24.0 Å². The number of ether oxygens (including phenoxy) is 3. The molecule has 27 heavy (non-hydrogen) atoms. The molecule has 1 aromatic rings. The van der Waals surface area contributed by atoms with Crippen molar-refractivity contribution in [2.24, 2.45) is 0 Å². The topological polar surface area (TPSA) is 85.9 Å². The fourth-order valence-corrected chi connectivity index (χ4v) is 3.15. The van der Waals surface area contributed by atoms with Gasteiger partial charge in [0.2, 0.25) is 0 Å². The Morgan fingerprint density at radius 3 is 2.48 bits per heavy atom. The van der Waals surface area contributed by atoms with Crippen LogP contribution in [0.5, 0.6) is 5.75 Å². The van der Waals surface area contributed by atoms with Gasteiger partial charge in [0.15, 0.2) is 6.29 Å². The Morgan fingerprint density at radius 2 is 1.89 bits per heavy atom. The summed E-state index contributed by atoms with van der Waals surface area (Å²) in [5.41, 5.74) is 1.78. The van der Waals surface area contributed by atoms with Crippen molar-refractivity contribution in [2.45, 2.75) is 45.8 Å². The molecule has 0 spiro atoms. The Labute approximate surface area is 160 Å². The SMILES string of the molecule is CCOC(CCNC(=O)c1cc(C(=O)NC)c2c(c1)C(CC)CO2)OCC.